The molecule has 33 heavy (non-hydrogen) atoms. The molecule has 180 valence electrons. The molecule has 0 aromatic heterocycles. The third-order valence-corrected chi connectivity index (χ3v) is 7.99. The first-order valence-corrected chi connectivity index (χ1v) is 12.2. The fraction of sp³-hybridized carbons (Fsp3) is 0.429. The zero-order chi connectivity index (χ0) is 22.9. The number of carbonyl (C=O) groups excluding carboxylic acids is 1. The zero-order valence-corrected chi connectivity index (χ0v) is 20.2. The van der Waals surface area contributed by atoms with E-state index in [-0.39, 0.29) is 42.8 Å². The van der Waals surface area contributed by atoms with Crippen LogP contribution < -0.4 is 5.32 Å². The van der Waals surface area contributed by atoms with Gasteiger partial charge in [0, 0.05) is 50.8 Å². The molecule has 2 aliphatic heterocycles. The maximum absolute atomic E-state index is 13.3. The lowest BCUT2D eigenvalue weighted by molar-refractivity contribution is -0.140. The van der Waals surface area contributed by atoms with Gasteiger partial charge in [-0.3, -0.25) is 14.5 Å². The average molecular weight is 517 g/mol. The van der Waals surface area contributed by atoms with Gasteiger partial charge in [0.1, 0.15) is 6.04 Å². The van der Waals surface area contributed by atoms with Crippen molar-refractivity contribution in [3.63, 3.8) is 0 Å². The molecule has 2 heterocycles. The summed E-state index contributed by atoms with van der Waals surface area (Å²) in [6.45, 7) is 2.45. The summed E-state index contributed by atoms with van der Waals surface area (Å²) in [6.07, 6.45) is 0. The van der Waals surface area contributed by atoms with E-state index in [9.17, 15) is 18.0 Å². The number of aliphatic carboxylic acids is 1. The number of carboxylic acids is 1. The molecule has 0 spiro atoms. The normalized spacial score (nSPS) is 20.4. The van der Waals surface area contributed by atoms with Crippen LogP contribution >= 0.6 is 24.0 Å². The van der Waals surface area contributed by atoms with Gasteiger partial charge in [0.25, 0.3) is 0 Å². The highest BCUT2D eigenvalue weighted by Crippen LogP contribution is 2.25. The number of piperazine rings is 2. The van der Waals surface area contributed by atoms with Crippen LogP contribution in [0.1, 0.15) is 0 Å². The van der Waals surface area contributed by atoms with Crippen LogP contribution in [0.5, 0.6) is 0 Å². The summed E-state index contributed by atoms with van der Waals surface area (Å²) in [7, 11) is -3.77. The predicted molar refractivity (Wildman–Crippen MR) is 127 cm³/mol. The van der Waals surface area contributed by atoms with Crippen LogP contribution in [-0.4, -0.2) is 97.9 Å². The minimum atomic E-state index is -3.77. The number of halogens is 2. The van der Waals surface area contributed by atoms with Crippen LogP contribution in [0.2, 0.25) is 5.02 Å². The molecule has 0 aliphatic carbocycles. The third kappa shape index (κ3) is 5.76. The number of carboxylic acid groups (broad SMARTS) is 1. The maximum Gasteiger partial charge on any atom is 0.317 e. The average Bonchev–Trinajstić information content (AvgIpc) is 2.78. The predicted octanol–water partition coefficient (Wildman–Crippen LogP) is 1.11. The topological polar surface area (TPSA) is 110 Å². The van der Waals surface area contributed by atoms with Crippen LogP contribution in [0, 0.1) is 0 Å². The summed E-state index contributed by atoms with van der Waals surface area (Å²) >= 11 is 6.01. The first-order chi connectivity index (χ1) is 15.2. The Balaban J connectivity index is 0.00000306. The minimum Gasteiger partial charge on any atom is -0.480 e. The smallest absolute Gasteiger partial charge is 0.317 e. The Morgan fingerprint density at radius 1 is 1.03 bits per heavy atom. The van der Waals surface area contributed by atoms with Gasteiger partial charge in [-0.2, -0.15) is 4.31 Å². The molecule has 2 fully saturated rings. The highest BCUT2D eigenvalue weighted by molar-refractivity contribution is 7.89. The van der Waals surface area contributed by atoms with Crippen molar-refractivity contribution in [3.8, 4) is 0 Å². The Hall–Kier alpha value is -1.95. The van der Waals surface area contributed by atoms with Crippen molar-refractivity contribution in [1.82, 2.24) is 19.4 Å². The molecule has 0 radical (unpaired) electrons. The Bertz CT molecular complexity index is 1140. The highest BCUT2D eigenvalue weighted by atomic mass is 35.5. The molecule has 1 atom stereocenters. The second-order valence-corrected chi connectivity index (χ2v) is 10.4. The molecular formula is C21H26Cl2N4O5S. The number of hydrogen-bond acceptors (Lipinski definition) is 6. The Morgan fingerprint density at radius 2 is 1.70 bits per heavy atom. The number of nitrogens with zero attached hydrogens (tertiary/aromatic N) is 3. The van der Waals surface area contributed by atoms with E-state index in [1.807, 2.05) is 0 Å². The molecule has 12 heteroatoms. The van der Waals surface area contributed by atoms with Crippen LogP contribution in [0.3, 0.4) is 0 Å². The van der Waals surface area contributed by atoms with Crippen molar-refractivity contribution < 1.29 is 23.1 Å². The molecule has 0 bridgehead atoms. The van der Waals surface area contributed by atoms with Gasteiger partial charge in [0.2, 0.25) is 15.9 Å². The largest absolute Gasteiger partial charge is 0.480 e. The Kier molecular flexibility index (Phi) is 8.20. The second kappa shape index (κ2) is 10.5. The monoisotopic (exact) mass is 516 g/mol. The number of hydrogen-bond donors (Lipinski definition) is 2. The molecule has 4 rings (SSSR count). The molecule has 2 aromatic rings. The van der Waals surface area contributed by atoms with Crippen LogP contribution in [-0.2, 0) is 19.6 Å². The van der Waals surface area contributed by atoms with Crippen LogP contribution in [0.4, 0.5) is 0 Å². The second-order valence-electron chi connectivity index (χ2n) is 8.02. The van der Waals surface area contributed by atoms with E-state index >= 15 is 0 Å². The summed E-state index contributed by atoms with van der Waals surface area (Å²) in [5.74, 6) is -1.05. The molecule has 2 saturated heterocycles. The summed E-state index contributed by atoms with van der Waals surface area (Å²) in [5, 5.41) is 14.3. The number of carbonyl (C=O) groups is 2. The maximum atomic E-state index is 13.3. The summed E-state index contributed by atoms with van der Waals surface area (Å²) in [6, 6.07) is 9.57. The van der Waals surface area contributed by atoms with Gasteiger partial charge in [0.15, 0.2) is 0 Å². The van der Waals surface area contributed by atoms with Crippen molar-refractivity contribution in [2.75, 3.05) is 52.4 Å². The molecular weight excluding hydrogens is 491 g/mol. The van der Waals surface area contributed by atoms with Gasteiger partial charge < -0.3 is 15.3 Å². The van der Waals surface area contributed by atoms with E-state index in [4.69, 9.17) is 16.7 Å². The van der Waals surface area contributed by atoms with Gasteiger partial charge >= 0.3 is 5.97 Å². The number of benzene rings is 2. The van der Waals surface area contributed by atoms with E-state index in [1.165, 1.54) is 4.31 Å². The van der Waals surface area contributed by atoms with Gasteiger partial charge in [-0.15, -0.1) is 12.4 Å². The van der Waals surface area contributed by atoms with Crippen LogP contribution in [0.15, 0.2) is 41.3 Å². The molecule has 1 unspecified atom stereocenters. The fourth-order valence-electron chi connectivity index (χ4n) is 4.15. The van der Waals surface area contributed by atoms with Crippen molar-refractivity contribution in [3.05, 3.63) is 41.4 Å². The molecule has 0 saturated carbocycles. The van der Waals surface area contributed by atoms with Gasteiger partial charge in [-0.05, 0) is 35.0 Å². The van der Waals surface area contributed by atoms with E-state index in [0.29, 0.717) is 37.7 Å². The van der Waals surface area contributed by atoms with Crippen molar-refractivity contribution >= 4 is 56.7 Å². The number of amides is 1. The summed E-state index contributed by atoms with van der Waals surface area (Å²) in [5.41, 5.74) is 0. The lowest BCUT2D eigenvalue weighted by Gasteiger charge is -2.38. The van der Waals surface area contributed by atoms with Gasteiger partial charge in [0.05, 0.1) is 11.4 Å². The Morgan fingerprint density at radius 3 is 2.39 bits per heavy atom. The van der Waals surface area contributed by atoms with E-state index in [1.54, 1.807) is 46.2 Å². The first-order valence-electron chi connectivity index (χ1n) is 10.4. The van der Waals surface area contributed by atoms with Crippen molar-refractivity contribution in [2.24, 2.45) is 0 Å². The summed E-state index contributed by atoms with van der Waals surface area (Å²) < 4.78 is 27.9. The Labute approximate surface area is 203 Å². The zero-order valence-electron chi connectivity index (χ0n) is 17.8. The third-order valence-electron chi connectivity index (χ3n) is 5.89. The van der Waals surface area contributed by atoms with Crippen molar-refractivity contribution in [1.29, 1.82) is 0 Å². The quantitative estimate of drug-likeness (QED) is 0.612. The lowest BCUT2D eigenvalue weighted by Crippen LogP contribution is -2.61. The van der Waals surface area contributed by atoms with Crippen LogP contribution in [0.25, 0.3) is 10.8 Å². The lowest BCUT2D eigenvalue weighted by atomic mass is 10.1. The highest BCUT2D eigenvalue weighted by Gasteiger charge is 2.35. The number of rotatable bonds is 5. The number of nitrogens with one attached hydrogen (secondary N) is 1. The first kappa shape index (κ1) is 25.7. The van der Waals surface area contributed by atoms with Gasteiger partial charge in [-0.25, -0.2) is 8.42 Å². The minimum absolute atomic E-state index is 0. The van der Waals surface area contributed by atoms with E-state index in [0.717, 1.165) is 10.8 Å². The van der Waals surface area contributed by atoms with E-state index in [2.05, 4.69) is 5.32 Å². The van der Waals surface area contributed by atoms with E-state index < -0.39 is 22.0 Å². The van der Waals surface area contributed by atoms with Gasteiger partial charge in [-0.1, -0.05) is 23.7 Å². The number of fused-ring (bicyclic) bond motifs is 1. The standard InChI is InChI=1S/C21H25ClN4O5S.ClH/c22-17-3-1-16-12-18(4-2-15(16)11-17)32(30,31)26-6-5-23-19(13-26)21(29)25-9-7-24(8-10-25)14-20(27)28;/h1-4,11-12,19,23H,5-10,13-14H2,(H,27,28);1H. The summed E-state index contributed by atoms with van der Waals surface area (Å²) in [4.78, 5) is 27.5. The van der Waals surface area contributed by atoms with Crippen molar-refractivity contribution in [2.45, 2.75) is 10.9 Å². The molecule has 1 amide bonds. The molecule has 9 nitrogen and oxygen atoms in total. The molecule has 2 N–H and O–H groups in total. The number of sulfonamides is 1. The fourth-order valence-corrected chi connectivity index (χ4v) is 5.82. The molecule has 2 aromatic carbocycles. The molecule has 2 aliphatic rings. The SMILES string of the molecule is Cl.O=C(O)CN1CCN(C(=O)C2CN(S(=O)(=O)c3ccc4cc(Cl)ccc4c3)CCN2)CC1.